The molecule has 38 heavy (non-hydrogen) atoms. The summed E-state index contributed by atoms with van der Waals surface area (Å²) in [5.74, 6) is 0.336. The van der Waals surface area contributed by atoms with Crippen molar-refractivity contribution in [3.05, 3.63) is 34.9 Å². The third-order valence-corrected chi connectivity index (χ3v) is 10.3. The molecule has 0 radical (unpaired) electrons. The molecule has 4 fully saturated rings. The van der Waals surface area contributed by atoms with Crippen LogP contribution in [0.3, 0.4) is 0 Å². The first kappa shape index (κ1) is 24.1. The summed E-state index contributed by atoms with van der Waals surface area (Å²) in [4.78, 5) is 24.5. The zero-order valence-electron chi connectivity index (χ0n) is 23.3. The Balaban J connectivity index is 1.10. The summed E-state index contributed by atoms with van der Waals surface area (Å²) < 4.78 is 4.24. The van der Waals surface area contributed by atoms with Crippen molar-refractivity contribution < 1.29 is 4.79 Å². The van der Waals surface area contributed by atoms with Crippen LogP contribution >= 0.6 is 0 Å². The quantitative estimate of drug-likeness (QED) is 0.530. The van der Waals surface area contributed by atoms with Gasteiger partial charge in [-0.3, -0.25) is 19.1 Å². The summed E-state index contributed by atoms with van der Waals surface area (Å²) in [5, 5.41) is 10.7. The normalized spacial score (nSPS) is 27.9. The Hall–Kier alpha value is -2.94. The van der Waals surface area contributed by atoms with E-state index in [0.29, 0.717) is 17.9 Å². The highest BCUT2D eigenvalue weighted by Crippen LogP contribution is 2.55. The molecule has 202 valence electrons. The van der Waals surface area contributed by atoms with Crippen LogP contribution in [0, 0.1) is 19.3 Å². The molecule has 1 amide bonds. The summed E-state index contributed by atoms with van der Waals surface area (Å²) >= 11 is 0. The van der Waals surface area contributed by atoms with Gasteiger partial charge in [0.05, 0.1) is 29.5 Å². The zero-order valence-corrected chi connectivity index (χ0v) is 23.3. The van der Waals surface area contributed by atoms with Crippen LogP contribution in [-0.4, -0.2) is 79.0 Å². The van der Waals surface area contributed by atoms with Gasteiger partial charge >= 0.3 is 0 Å². The average Bonchev–Trinajstić information content (AvgIpc) is 3.43. The van der Waals surface area contributed by atoms with Crippen LogP contribution < -0.4 is 4.90 Å². The molecule has 5 aliphatic rings. The van der Waals surface area contributed by atoms with Gasteiger partial charge in [-0.2, -0.15) is 10.2 Å². The highest BCUT2D eigenvalue weighted by Gasteiger charge is 2.53. The van der Waals surface area contributed by atoms with Gasteiger partial charge in [-0.25, -0.2) is 4.98 Å². The molecule has 0 aromatic carbocycles. The third-order valence-electron chi connectivity index (χ3n) is 10.3. The number of hydrogen-bond donors (Lipinski definition) is 0. The molecule has 8 rings (SSSR count). The van der Waals surface area contributed by atoms with Crippen molar-refractivity contribution in [2.75, 3.05) is 38.1 Å². The van der Waals surface area contributed by atoms with Crippen LogP contribution in [0.5, 0.6) is 0 Å². The van der Waals surface area contributed by atoms with E-state index in [9.17, 15) is 4.79 Å². The highest BCUT2D eigenvalue weighted by atomic mass is 16.2. The zero-order chi connectivity index (χ0) is 26.2. The lowest BCUT2D eigenvalue weighted by Crippen LogP contribution is -2.63. The van der Waals surface area contributed by atoms with E-state index in [-0.39, 0.29) is 5.54 Å². The number of pyridine rings is 1. The van der Waals surface area contributed by atoms with E-state index in [1.165, 1.54) is 41.9 Å². The lowest BCUT2D eigenvalue weighted by molar-refractivity contribution is -0.152. The lowest BCUT2D eigenvalue weighted by atomic mass is 9.56. The van der Waals surface area contributed by atoms with Crippen LogP contribution in [0.2, 0.25) is 0 Å². The molecule has 9 nitrogen and oxygen atoms in total. The minimum Gasteiger partial charge on any atom is -0.366 e. The van der Waals surface area contributed by atoms with Crippen LogP contribution in [0.1, 0.15) is 61.2 Å². The molecular weight excluding hydrogens is 476 g/mol. The number of aromatic nitrogens is 5. The second kappa shape index (κ2) is 8.53. The SMILES string of the molecule is Cc1cc(N2CCc3c(c(C)nn3CC34CCC(N5CCN(C)CC5=O)(CC3)CC4)C2)c2cnn(C)c2n1. The standard InChI is InChI=1S/C29H40N8O/c1-20-15-25(22-16-30-34(4)27(22)31-20)35-12-5-24-23(17-35)21(2)32-37(24)19-28-6-9-29(10-7-28,11-8-28)36-14-13-33(3)18-26(36)38/h15-16H,5-14,17-19H2,1-4H3. The molecule has 0 N–H and O–H groups in total. The van der Waals surface area contributed by atoms with E-state index in [4.69, 9.17) is 10.1 Å². The molecule has 0 atom stereocenters. The predicted octanol–water partition coefficient (Wildman–Crippen LogP) is 3.21. The molecule has 3 aromatic rings. The van der Waals surface area contributed by atoms with Crippen LogP contribution in [-0.2, 0) is 31.4 Å². The Bertz CT molecular complexity index is 1400. The van der Waals surface area contributed by atoms with Gasteiger partial charge in [-0.15, -0.1) is 0 Å². The number of rotatable bonds is 4. The van der Waals surface area contributed by atoms with E-state index >= 15 is 0 Å². The number of carbonyl (C=O) groups is 1. The number of piperazine rings is 1. The van der Waals surface area contributed by atoms with E-state index < -0.39 is 0 Å². The molecule has 5 heterocycles. The number of fused-ring (bicyclic) bond motifs is 5. The molecule has 3 saturated carbocycles. The van der Waals surface area contributed by atoms with Crippen LogP contribution in [0.25, 0.3) is 11.0 Å². The maximum atomic E-state index is 12.9. The topological polar surface area (TPSA) is 75.3 Å². The summed E-state index contributed by atoms with van der Waals surface area (Å²) in [7, 11) is 4.02. The predicted molar refractivity (Wildman–Crippen MR) is 147 cm³/mol. The monoisotopic (exact) mass is 516 g/mol. The van der Waals surface area contributed by atoms with Gasteiger partial charge in [0.25, 0.3) is 0 Å². The molecule has 1 saturated heterocycles. The number of carbonyl (C=O) groups excluding carboxylic acids is 1. The van der Waals surface area contributed by atoms with Gasteiger partial charge in [-0.1, -0.05) is 0 Å². The Morgan fingerprint density at radius 2 is 1.74 bits per heavy atom. The molecular formula is C29H40N8O. The Morgan fingerprint density at radius 1 is 0.974 bits per heavy atom. The third kappa shape index (κ3) is 3.68. The first-order chi connectivity index (χ1) is 18.3. The van der Waals surface area contributed by atoms with Gasteiger partial charge in [0.15, 0.2) is 5.65 Å². The van der Waals surface area contributed by atoms with Crippen molar-refractivity contribution in [3.63, 3.8) is 0 Å². The molecule has 0 unspecified atom stereocenters. The smallest absolute Gasteiger partial charge is 0.237 e. The molecule has 3 aliphatic carbocycles. The largest absolute Gasteiger partial charge is 0.366 e. The number of aryl methyl sites for hydroxylation is 3. The summed E-state index contributed by atoms with van der Waals surface area (Å²) in [6, 6.07) is 2.20. The van der Waals surface area contributed by atoms with Gasteiger partial charge in [0, 0.05) is 68.7 Å². The Labute approximate surface area is 224 Å². The number of hydrogen-bond acceptors (Lipinski definition) is 6. The van der Waals surface area contributed by atoms with Crippen molar-refractivity contribution in [2.45, 2.75) is 77.4 Å². The second-order valence-electron chi connectivity index (χ2n) is 12.6. The van der Waals surface area contributed by atoms with E-state index in [1.54, 1.807) is 0 Å². The molecule has 2 bridgehead atoms. The minimum atomic E-state index is 0.111. The van der Waals surface area contributed by atoms with Crippen molar-refractivity contribution >= 4 is 22.6 Å². The summed E-state index contributed by atoms with van der Waals surface area (Å²) in [6.45, 7) is 9.61. The Morgan fingerprint density at radius 3 is 2.47 bits per heavy atom. The van der Waals surface area contributed by atoms with Gasteiger partial charge < -0.3 is 9.80 Å². The lowest BCUT2D eigenvalue weighted by Gasteiger charge is -2.58. The maximum Gasteiger partial charge on any atom is 0.237 e. The van der Waals surface area contributed by atoms with Crippen molar-refractivity contribution in [3.8, 4) is 0 Å². The van der Waals surface area contributed by atoms with Gasteiger partial charge in [0.2, 0.25) is 5.91 Å². The Kier molecular flexibility index (Phi) is 5.42. The van der Waals surface area contributed by atoms with Crippen LogP contribution in [0.4, 0.5) is 5.69 Å². The van der Waals surface area contributed by atoms with Crippen molar-refractivity contribution in [1.82, 2.24) is 34.3 Å². The van der Waals surface area contributed by atoms with Gasteiger partial charge in [0.1, 0.15) is 0 Å². The fourth-order valence-electron chi connectivity index (χ4n) is 7.98. The first-order valence-electron chi connectivity index (χ1n) is 14.3. The molecule has 9 heteroatoms. The number of nitrogens with zero attached hydrogens (tertiary/aromatic N) is 8. The number of amides is 1. The fraction of sp³-hybridized carbons (Fsp3) is 0.655. The number of likely N-dealkylation sites (N-methyl/N-ethyl adjacent to an activating group) is 1. The first-order valence-corrected chi connectivity index (χ1v) is 14.3. The van der Waals surface area contributed by atoms with Crippen LogP contribution in [0.15, 0.2) is 12.3 Å². The molecule has 3 aromatic heterocycles. The average molecular weight is 517 g/mol. The summed E-state index contributed by atoms with van der Waals surface area (Å²) in [6.07, 6.45) is 10.0. The van der Waals surface area contributed by atoms with Gasteiger partial charge in [-0.05, 0) is 70.9 Å². The minimum absolute atomic E-state index is 0.111. The van der Waals surface area contributed by atoms with Crippen molar-refractivity contribution in [2.24, 2.45) is 12.5 Å². The summed E-state index contributed by atoms with van der Waals surface area (Å²) in [5.41, 5.74) is 7.62. The highest BCUT2D eigenvalue weighted by molar-refractivity contribution is 5.89. The molecule has 0 spiro atoms. The molecule has 2 aliphatic heterocycles. The maximum absolute atomic E-state index is 12.9. The van der Waals surface area contributed by atoms with E-state index in [1.807, 2.05) is 17.9 Å². The number of anilines is 1. The van der Waals surface area contributed by atoms with E-state index in [2.05, 4.69) is 51.4 Å². The van der Waals surface area contributed by atoms with Crippen molar-refractivity contribution in [1.29, 1.82) is 0 Å². The van der Waals surface area contributed by atoms with E-state index in [0.717, 1.165) is 75.1 Å². The fourth-order valence-corrected chi connectivity index (χ4v) is 7.98. The second-order valence-corrected chi connectivity index (χ2v) is 12.6.